The fraction of sp³-hybridized carbons (Fsp3) is 0.211. The fourth-order valence-corrected chi connectivity index (χ4v) is 2.24. The Balaban J connectivity index is 2.03. The second kappa shape index (κ2) is 7.46. The van der Waals surface area contributed by atoms with Crippen LogP contribution in [0.5, 0.6) is 5.75 Å². The van der Waals surface area contributed by atoms with E-state index in [1.54, 1.807) is 37.5 Å². The molecule has 0 fully saturated rings. The van der Waals surface area contributed by atoms with Gasteiger partial charge in [-0.1, -0.05) is 30.3 Å². The van der Waals surface area contributed by atoms with Gasteiger partial charge in [-0.3, -0.25) is 4.79 Å². The summed E-state index contributed by atoms with van der Waals surface area (Å²) in [5.41, 5.74) is 2.68. The maximum atomic E-state index is 12.2. The maximum Gasteiger partial charge on any atom is 0.187 e. The monoisotopic (exact) mass is 295 g/mol. The molecule has 0 aromatic heterocycles. The molecule has 2 aromatic carbocycles. The highest BCUT2D eigenvalue weighted by Gasteiger charge is 2.07. The summed E-state index contributed by atoms with van der Waals surface area (Å²) in [6.45, 7) is 3.98. The summed E-state index contributed by atoms with van der Waals surface area (Å²) in [5, 5.41) is 3.33. The van der Waals surface area contributed by atoms with Gasteiger partial charge in [-0.15, -0.1) is 0 Å². The van der Waals surface area contributed by atoms with Crippen LogP contribution in [0.3, 0.4) is 0 Å². The maximum absolute atomic E-state index is 12.2. The first kappa shape index (κ1) is 15.8. The number of allylic oxidation sites excluding steroid dienone is 2. The third kappa shape index (κ3) is 4.22. The van der Waals surface area contributed by atoms with Crippen LogP contribution >= 0.6 is 0 Å². The molecule has 1 N–H and O–H groups in total. The molecule has 22 heavy (non-hydrogen) atoms. The number of hydrogen-bond donors (Lipinski definition) is 1. The average molecular weight is 295 g/mol. The normalized spacial score (nSPS) is 12.6. The first-order chi connectivity index (χ1) is 10.6. The molecule has 0 heterocycles. The largest absolute Gasteiger partial charge is 0.497 e. The van der Waals surface area contributed by atoms with Gasteiger partial charge in [-0.2, -0.15) is 0 Å². The number of ether oxygens (including phenoxy) is 1. The molecule has 0 unspecified atom stereocenters. The highest BCUT2D eigenvalue weighted by Crippen LogP contribution is 2.15. The zero-order chi connectivity index (χ0) is 15.9. The van der Waals surface area contributed by atoms with E-state index >= 15 is 0 Å². The number of benzene rings is 2. The number of rotatable bonds is 6. The lowest BCUT2D eigenvalue weighted by Gasteiger charge is -2.15. The Morgan fingerprint density at radius 2 is 1.73 bits per heavy atom. The molecule has 2 aromatic rings. The molecular weight excluding hydrogens is 274 g/mol. The first-order valence-corrected chi connectivity index (χ1v) is 7.28. The second-order valence-corrected chi connectivity index (χ2v) is 5.20. The van der Waals surface area contributed by atoms with Crippen molar-refractivity contribution in [1.29, 1.82) is 0 Å². The second-order valence-electron chi connectivity index (χ2n) is 5.20. The standard InChI is InChI=1S/C19H21NO2/c1-14(20-15(2)16-7-5-4-6-8-16)13-19(21)17-9-11-18(22-3)12-10-17/h4-13,15,20H,1-3H3/b14-13+/t15-/m1/s1. The lowest BCUT2D eigenvalue weighted by molar-refractivity contribution is 0.104. The van der Waals surface area contributed by atoms with Crippen molar-refractivity contribution in [3.8, 4) is 5.75 Å². The highest BCUT2D eigenvalue weighted by molar-refractivity contribution is 6.04. The molecule has 3 nitrogen and oxygen atoms in total. The molecule has 0 saturated carbocycles. The van der Waals surface area contributed by atoms with Crippen molar-refractivity contribution in [2.75, 3.05) is 7.11 Å². The van der Waals surface area contributed by atoms with Crippen LogP contribution in [-0.4, -0.2) is 12.9 Å². The van der Waals surface area contributed by atoms with E-state index < -0.39 is 0 Å². The zero-order valence-electron chi connectivity index (χ0n) is 13.2. The van der Waals surface area contributed by atoms with Crippen molar-refractivity contribution >= 4 is 5.78 Å². The van der Waals surface area contributed by atoms with E-state index in [-0.39, 0.29) is 11.8 Å². The van der Waals surface area contributed by atoms with Crippen LogP contribution < -0.4 is 10.1 Å². The van der Waals surface area contributed by atoms with E-state index in [9.17, 15) is 4.79 Å². The number of hydrogen-bond acceptors (Lipinski definition) is 3. The molecule has 0 spiro atoms. The van der Waals surface area contributed by atoms with Crippen molar-refractivity contribution < 1.29 is 9.53 Å². The van der Waals surface area contributed by atoms with Crippen LogP contribution in [0.25, 0.3) is 0 Å². The van der Waals surface area contributed by atoms with E-state index in [1.165, 1.54) is 5.56 Å². The molecule has 0 aliphatic carbocycles. The number of nitrogens with one attached hydrogen (secondary N) is 1. The summed E-state index contributed by atoms with van der Waals surface area (Å²) in [4.78, 5) is 12.2. The Labute approximate surface area is 131 Å². The molecule has 0 aliphatic heterocycles. The minimum Gasteiger partial charge on any atom is -0.497 e. The predicted octanol–water partition coefficient (Wildman–Crippen LogP) is 4.13. The van der Waals surface area contributed by atoms with Crippen LogP contribution in [0.15, 0.2) is 66.4 Å². The van der Waals surface area contributed by atoms with E-state index in [1.807, 2.05) is 25.1 Å². The Hall–Kier alpha value is -2.55. The number of carbonyl (C=O) groups excluding carboxylic acids is 1. The summed E-state index contributed by atoms with van der Waals surface area (Å²) >= 11 is 0. The van der Waals surface area contributed by atoms with Crippen LogP contribution in [-0.2, 0) is 0 Å². The number of carbonyl (C=O) groups is 1. The lowest BCUT2D eigenvalue weighted by Crippen LogP contribution is -2.17. The van der Waals surface area contributed by atoms with E-state index in [4.69, 9.17) is 4.74 Å². The highest BCUT2D eigenvalue weighted by atomic mass is 16.5. The van der Waals surface area contributed by atoms with Crippen molar-refractivity contribution in [3.05, 3.63) is 77.5 Å². The van der Waals surface area contributed by atoms with Gasteiger partial charge in [0.1, 0.15) is 5.75 Å². The molecule has 3 heteroatoms. The summed E-state index contributed by atoms with van der Waals surface area (Å²) < 4.78 is 5.09. The summed E-state index contributed by atoms with van der Waals surface area (Å²) in [7, 11) is 1.61. The van der Waals surface area contributed by atoms with Gasteiger partial charge in [0.2, 0.25) is 0 Å². The molecule has 2 rings (SSSR count). The molecular formula is C19H21NO2. The van der Waals surface area contributed by atoms with Crippen molar-refractivity contribution in [2.45, 2.75) is 19.9 Å². The lowest BCUT2D eigenvalue weighted by atomic mass is 10.1. The Bertz CT molecular complexity index is 645. The van der Waals surface area contributed by atoms with Crippen LogP contribution in [0.4, 0.5) is 0 Å². The smallest absolute Gasteiger partial charge is 0.187 e. The van der Waals surface area contributed by atoms with Crippen molar-refractivity contribution in [3.63, 3.8) is 0 Å². The van der Waals surface area contributed by atoms with Crippen LogP contribution in [0, 0.1) is 0 Å². The quantitative estimate of drug-likeness (QED) is 0.643. The summed E-state index contributed by atoms with van der Waals surface area (Å²) in [6.07, 6.45) is 1.63. The number of ketones is 1. The Morgan fingerprint density at radius 3 is 2.32 bits per heavy atom. The molecule has 0 bridgehead atoms. The molecule has 0 radical (unpaired) electrons. The molecule has 1 atom stereocenters. The third-order valence-electron chi connectivity index (χ3n) is 3.47. The van der Waals surface area contributed by atoms with E-state index in [0.29, 0.717) is 5.56 Å². The zero-order valence-corrected chi connectivity index (χ0v) is 13.2. The van der Waals surface area contributed by atoms with Gasteiger partial charge in [0, 0.05) is 23.4 Å². The summed E-state index contributed by atoms with van der Waals surface area (Å²) in [6, 6.07) is 17.4. The van der Waals surface area contributed by atoms with E-state index in [0.717, 1.165) is 11.4 Å². The average Bonchev–Trinajstić information content (AvgIpc) is 2.55. The van der Waals surface area contributed by atoms with Gasteiger partial charge in [-0.25, -0.2) is 0 Å². The van der Waals surface area contributed by atoms with Gasteiger partial charge in [0.15, 0.2) is 5.78 Å². The van der Waals surface area contributed by atoms with Gasteiger partial charge in [0.25, 0.3) is 0 Å². The topological polar surface area (TPSA) is 38.3 Å². The Kier molecular flexibility index (Phi) is 5.37. The molecule has 114 valence electrons. The van der Waals surface area contributed by atoms with Crippen molar-refractivity contribution in [2.24, 2.45) is 0 Å². The molecule has 0 aliphatic rings. The number of methoxy groups -OCH3 is 1. The SMILES string of the molecule is COc1ccc(C(=O)/C=C(\C)N[C@H](C)c2ccccc2)cc1. The van der Waals surface area contributed by atoms with Crippen LogP contribution in [0.1, 0.15) is 35.8 Å². The van der Waals surface area contributed by atoms with Crippen molar-refractivity contribution in [1.82, 2.24) is 5.32 Å². The predicted molar refractivity (Wildman–Crippen MR) is 89.1 cm³/mol. The van der Waals surface area contributed by atoms with Crippen LogP contribution in [0.2, 0.25) is 0 Å². The summed E-state index contributed by atoms with van der Waals surface area (Å²) in [5.74, 6) is 0.723. The minimum atomic E-state index is -0.0204. The first-order valence-electron chi connectivity index (χ1n) is 7.28. The van der Waals surface area contributed by atoms with E-state index in [2.05, 4.69) is 24.4 Å². The molecule has 0 saturated heterocycles. The van der Waals surface area contributed by atoms with Gasteiger partial charge in [-0.05, 0) is 43.7 Å². The molecule has 0 amide bonds. The van der Waals surface area contributed by atoms with Gasteiger partial charge < -0.3 is 10.1 Å². The van der Waals surface area contributed by atoms with Gasteiger partial charge in [0.05, 0.1) is 7.11 Å². The third-order valence-corrected chi connectivity index (χ3v) is 3.47. The Morgan fingerprint density at radius 1 is 1.09 bits per heavy atom. The fourth-order valence-electron chi connectivity index (χ4n) is 2.24. The minimum absolute atomic E-state index is 0.0204. The van der Waals surface area contributed by atoms with Gasteiger partial charge >= 0.3 is 0 Å².